The van der Waals surface area contributed by atoms with Crippen molar-refractivity contribution < 1.29 is 14.6 Å². The van der Waals surface area contributed by atoms with E-state index in [4.69, 9.17) is 9.84 Å². The van der Waals surface area contributed by atoms with Gasteiger partial charge in [0.05, 0.1) is 18.4 Å². The van der Waals surface area contributed by atoms with Gasteiger partial charge in [-0.25, -0.2) is 4.79 Å². The van der Waals surface area contributed by atoms with Crippen molar-refractivity contribution in [1.82, 2.24) is 4.98 Å². The summed E-state index contributed by atoms with van der Waals surface area (Å²) in [4.78, 5) is 17.2. The van der Waals surface area contributed by atoms with Crippen molar-refractivity contribution in [2.45, 2.75) is 20.0 Å². The largest absolute Gasteiger partial charge is 0.478 e. The predicted molar refractivity (Wildman–Crippen MR) is 63.6 cm³/mol. The highest BCUT2D eigenvalue weighted by molar-refractivity contribution is 5.94. The number of anilines is 1. The Balaban J connectivity index is 2.35. The van der Waals surface area contributed by atoms with E-state index in [2.05, 4.69) is 4.98 Å². The summed E-state index contributed by atoms with van der Waals surface area (Å²) in [6, 6.07) is 1.82. The molecule has 0 bridgehead atoms. The van der Waals surface area contributed by atoms with E-state index in [1.807, 2.05) is 24.8 Å². The lowest BCUT2D eigenvalue weighted by atomic mass is 10.1. The first kappa shape index (κ1) is 11.9. The van der Waals surface area contributed by atoms with E-state index in [9.17, 15) is 4.79 Å². The molecule has 1 aromatic heterocycles. The van der Waals surface area contributed by atoms with Crippen molar-refractivity contribution in [3.63, 3.8) is 0 Å². The number of aromatic nitrogens is 1. The monoisotopic (exact) mass is 236 g/mol. The quantitative estimate of drug-likeness (QED) is 0.839. The topological polar surface area (TPSA) is 62.7 Å². The number of carboxylic acid groups (broad SMARTS) is 1. The Bertz CT molecular complexity index is 434. The number of carboxylic acids is 1. The molecule has 1 saturated heterocycles. The third kappa shape index (κ3) is 2.55. The Labute approximate surface area is 100 Å². The second-order valence-corrected chi connectivity index (χ2v) is 4.28. The van der Waals surface area contributed by atoms with Crippen LogP contribution in [0, 0.1) is 6.92 Å². The number of ether oxygens (including phenoxy) is 1. The number of rotatable bonds is 2. The summed E-state index contributed by atoms with van der Waals surface area (Å²) in [6.45, 7) is 5.90. The van der Waals surface area contributed by atoms with E-state index >= 15 is 0 Å². The summed E-state index contributed by atoms with van der Waals surface area (Å²) in [7, 11) is 0. The Morgan fingerprint density at radius 2 is 2.41 bits per heavy atom. The van der Waals surface area contributed by atoms with Gasteiger partial charge < -0.3 is 14.7 Å². The van der Waals surface area contributed by atoms with Crippen molar-refractivity contribution >= 4 is 11.7 Å². The van der Waals surface area contributed by atoms with Crippen molar-refractivity contribution in [1.29, 1.82) is 0 Å². The molecule has 2 rings (SSSR count). The lowest BCUT2D eigenvalue weighted by molar-refractivity contribution is 0.0527. The molecule has 0 amide bonds. The summed E-state index contributed by atoms with van der Waals surface area (Å²) in [5.74, 6) is -0.938. The second-order valence-electron chi connectivity index (χ2n) is 4.28. The highest BCUT2D eigenvalue weighted by Crippen LogP contribution is 2.23. The minimum atomic E-state index is -0.938. The molecular formula is C12H16N2O3. The van der Waals surface area contributed by atoms with E-state index in [0.717, 1.165) is 11.4 Å². The third-order valence-corrected chi connectivity index (χ3v) is 2.83. The molecule has 17 heavy (non-hydrogen) atoms. The molecule has 1 atom stereocenters. The molecule has 0 radical (unpaired) electrons. The van der Waals surface area contributed by atoms with Crippen molar-refractivity contribution in [2.75, 3.05) is 24.6 Å². The maximum absolute atomic E-state index is 11.2. The first-order valence-electron chi connectivity index (χ1n) is 5.64. The van der Waals surface area contributed by atoms with Crippen molar-refractivity contribution in [3.8, 4) is 0 Å². The van der Waals surface area contributed by atoms with Crippen LogP contribution in [0.5, 0.6) is 0 Å². The van der Waals surface area contributed by atoms with E-state index in [1.165, 1.54) is 6.20 Å². The summed E-state index contributed by atoms with van der Waals surface area (Å²) in [5.41, 5.74) is 1.81. The summed E-state index contributed by atoms with van der Waals surface area (Å²) in [5, 5.41) is 9.16. The van der Waals surface area contributed by atoms with Crippen LogP contribution < -0.4 is 4.90 Å². The van der Waals surface area contributed by atoms with Crippen LogP contribution >= 0.6 is 0 Å². The number of nitrogens with zero attached hydrogens (tertiary/aromatic N) is 2. The van der Waals surface area contributed by atoms with Crippen molar-refractivity contribution in [3.05, 3.63) is 23.5 Å². The normalized spacial score (nSPS) is 20.4. The number of carbonyl (C=O) groups is 1. The van der Waals surface area contributed by atoms with Gasteiger partial charge in [0.25, 0.3) is 0 Å². The van der Waals surface area contributed by atoms with Crippen LogP contribution in [0.1, 0.15) is 23.0 Å². The standard InChI is InChI=1S/C12H16N2O3/c1-8-5-11(10(6-13-8)12(15)16)14-3-4-17-9(2)7-14/h5-6,9H,3-4,7H2,1-2H3,(H,15,16). The smallest absolute Gasteiger partial charge is 0.339 e. The molecule has 0 spiro atoms. The minimum Gasteiger partial charge on any atom is -0.478 e. The third-order valence-electron chi connectivity index (χ3n) is 2.83. The number of hydrogen-bond acceptors (Lipinski definition) is 4. The second kappa shape index (κ2) is 4.71. The molecule has 2 heterocycles. The fourth-order valence-electron chi connectivity index (χ4n) is 2.01. The zero-order chi connectivity index (χ0) is 12.4. The molecule has 92 valence electrons. The lowest BCUT2D eigenvalue weighted by Gasteiger charge is -2.33. The molecule has 1 aliphatic rings. The van der Waals surface area contributed by atoms with Gasteiger partial charge in [0.1, 0.15) is 5.56 Å². The van der Waals surface area contributed by atoms with Crippen LogP contribution in [0.3, 0.4) is 0 Å². The fraction of sp³-hybridized carbons (Fsp3) is 0.500. The van der Waals surface area contributed by atoms with Gasteiger partial charge in [-0.05, 0) is 19.9 Å². The lowest BCUT2D eigenvalue weighted by Crippen LogP contribution is -2.41. The molecule has 1 aliphatic heterocycles. The summed E-state index contributed by atoms with van der Waals surface area (Å²) >= 11 is 0. The molecule has 0 aliphatic carbocycles. The minimum absolute atomic E-state index is 0.124. The molecular weight excluding hydrogens is 220 g/mol. The van der Waals surface area contributed by atoms with Crippen LogP contribution in [0.4, 0.5) is 5.69 Å². The van der Waals surface area contributed by atoms with E-state index in [0.29, 0.717) is 19.7 Å². The van der Waals surface area contributed by atoms with Gasteiger partial charge in [-0.2, -0.15) is 0 Å². The Hall–Kier alpha value is -1.62. The molecule has 5 nitrogen and oxygen atoms in total. The zero-order valence-electron chi connectivity index (χ0n) is 10.0. The number of aromatic carboxylic acids is 1. The Morgan fingerprint density at radius 1 is 1.65 bits per heavy atom. The number of morpholine rings is 1. The van der Waals surface area contributed by atoms with Gasteiger partial charge >= 0.3 is 5.97 Å². The van der Waals surface area contributed by atoms with E-state index in [-0.39, 0.29) is 11.7 Å². The maximum Gasteiger partial charge on any atom is 0.339 e. The highest BCUT2D eigenvalue weighted by atomic mass is 16.5. The fourth-order valence-corrected chi connectivity index (χ4v) is 2.01. The van der Waals surface area contributed by atoms with Crippen LogP contribution in [0.15, 0.2) is 12.3 Å². The van der Waals surface area contributed by atoms with Crippen molar-refractivity contribution in [2.24, 2.45) is 0 Å². The van der Waals surface area contributed by atoms with Gasteiger partial charge in [-0.15, -0.1) is 0 Å². The number of pyridine rings is 1. The first-order chi connectivity index (χ1) is 8.08. The van der Waals surface area contributed by atoms with Crippen LogP contribution in [0.25, 0.3) is 0 Å². The van der Waals surface area contributed by atoms with Gasteiger partial charge in [-0.3, -0.25) is 4.98 Å². The van der Waals surface area contributed by atoms with E-state index in [1.54, 1.807) is 0 Å². The summed E-state index contributed by atoms with van der Waals surface area (Å²) in [6.07, 6.45) is 1.55. The SMILES string of the molecule is Cc1cc(N2CCOC(C)C2)c(C(=O)O)cn1. The molecule has 1 aromatic rings. The predicted octanol–water partition coefficient (Wildman–Crippen LogP) is 1.31. The maximum atomic E-state index is 11.2. The molecule has 0 saturated carbocycles. The average Bonchev–Trinajstić information content (AvgIpc) is 2.28. The van der Waals surface area contributed by atoms with Gasteiger partial charge in [0, 0.05) is 25.0 Å². The summed E-state index contributed by atoms with van der Waals surface area (Å²) < 4.78 is 5.46. The molecule has 1 unspecified atom stereocenters. The van der Waals surface area contributed by atoms with Gasteiger partial charge in [0.15, 0.2) is 0 Å². The van der Waals surface area contributed by atoms with E-state index < -0.39 is 5.97 Å². The van der Waals surface area contributed by atoms with Crippen LogP contribution in [-0.2, 0) is 4.74 Å². The zero-order valence-corrected chi connectivity index (χ0v) is 10.0. The molecule has 1 fully saturated rings. The van der Waals surface area contributed by atoms with Gasteiger partial charge in [-0.1, -0.05) is 0 Å². The highest BCUT2D eigenvalue weighted by Gasteiger charge is 2.22. The van der Waals surface area contributed by atoms with Crippen LogP contribution in [-0.4, -0.2) is 41.9 Å². The number of aryl methyl sites for hydroxylation is 1. The van der Waals surface area contributed by atoms with Crippen LogP contribution in [0.2, 0.25) is 0 Å². The molecule has 1 N–H and O–H groups in total. The average molecular weight is 236 g/mol. The molecule has 0 aromatic carbocycles. The Morgan fingerprint density at radius 3 is 3.06 bits per heavy atom. The molecule has 5 heteroatoms. The number of hydrogen-bond donors (Lipinski definition) is 1. The Kier molecular flexibility index (Phi) is 3.28. The van der Waals surface area contributed by atoms with Gasteiger partial charge in [0.2, 0.25) is 0 Å². The first-order valence-corrected chi connectivity index (χ1v) is 5.64.